The molecule has 19 heavy (non-hydrogen) atoms. The summed E-state index contributed by atoms with van der Waals surface area (Å²) in [6.45, 7) is 7.58. The summed E-state index contributed by atoms with van der Waals surface area (Å²) in [5.41, 5.74) is 0.300. The predicted octanol–water partition coefficient (Wildman–Crippen LogP) is 2.52. The normalized spacial score (nSPS) is 13.6. The molecule has 1 rings (SSSR count). The third kappa shape index (κ3) is 3.98. The molecular weight excluding hydrogens is 288 g/mol. The summed E-state index contributed by atoms with van der Waals surface area (Å²) in [4.78, 5) is 12.1. The number of rotatable bonds is 5. The Morgan fingerprint density at radius 1 is 1.42 bits per heavy atom. The van der Waals surface area contributed by atoms with Crippen LogP contribution in [0.25, 0.3) is 0 Å². The van der Waals surface area contributed by atoms with Gasteiger partial charge in [-0.25, -0.2) is 8.42 Å². The summed E-state index contributed by atoms with van der Waals surface area (Å²) >= 11 is 0. The zero-order valence-electron chi connectivity index (χ0n) is 11.5. The van der Waals surface area contributed by atoms with Crippen molar-refractivity contribution < 1.29 is 13.2 Å². The first kappa shape index (κ1) is 16.0. The standard InChI is InChI=1S/C12H19ClN2O3S/c1-5-9(4)14-12(16)11-6-10(19(13,17)18)7-15(11)8(2)3/h6-9H,5H2,1-4H3,(H,14,16). The fourth-order valence-electron chi connectivity index (χ4n) is 1.60. The van der Waals surface area contributed by atoms with E-state index in [2.05, 4.69) is 5.32 Å². The second kappa shape index (κ2) is 5.96. The highest BCUT2D eigenvalue weighted by Gasteiger charge is 2.21. The molecule has 0 aliphatic heterocycles. The minimum Gasteiger partial charge on any atom is -0.348 e. The van der Waals surface area contributed by atoms with Crippen LogP contribution in [0.4, 0.5) is 0 Å². The lowest BCUT2D eigenvalue weighted by molar-refractivity contribution is 0.0928. The third-order valence-corrected chi connectivity index (χ3v) is 4.20. The fourth-order valence-corrected chi connectivity index (χ4v) is 2.34. The Labute approximate surface area is 118 Å². The van der Waals surface area contributed by atoms with Crippen LogP contribution >= 0.6 is 10.7 Å². The van der Waals surface area contributed by atoms with Crippen molar-refractivity contribution >= 4 is 25.6 Å². The quantitative estimate of drug-likeness (QED) is 0.850. The molecule has 0 saturated carbocycles. The highest BCUT2D eigenvalue weighted by Crippen LogP contribution is 2.22. The molecule has 0 aliphatic carbocycles. The van der Waals surface area contributed by atoms with Crippen molar-refractivity contribution in [2.24, 2.45) is 0 Å². The van der Waals surface area contributed by atoms with E-state index in [4.69, 9.17) is 10.7 Å². The summed E-state index contributed by atoms with van der Waals surface area (Å²) in [6.07, 6.45) is 2.19. The Hall–Kier alpha value is -1.01. The number of hydrogen-bond acceptors (Lipinski definition) is 3. The summed E-state index contributed by atoms with van der Waals surface area (Å²) in [5, 5.41) is 2.81. The van der Waals surface area contributed by atoms with Crippen LogP contribution in [-0.4, -0.2) is 24.9 Å². The zero-order chi connectivity index (χ0) is 14.8. The second-order valence-corrected chi connectivity index (χ2v) is 7.35. The molecule has 1 atom stereocenters. The molecule has 0 bridgehead atoms. The van der Waals surface area contributed by atoms with Crippen LogP contribution in [0.3, 0.4) is 0 Å². The smallest absolute Gasteiger partial charge is 0.268 e. The largest absolute Gasteiger partial charge is 0.348 e. The highest BCUT2D eigenvalue weighted by atomic mass is 35.7. The van der Waals surface area contributed by atoms with Crippen molar-refractivity contribution in [3.05, 3.63) is 18.0 Å². The first-order valence-corrected chi connectivity index (χ1v) is 8.45. The summed E-state index contributed by atoms with van der Waals surface area (Å²) < 4.78 is 24.3. The van der Waals surface area contributed by atoms with Gasteiger partial charge in [0.15, 0.2) is 0 Å². The maximum absolute atomic E-state index is 12.1. The molecule has 1 heterocycles. The lowest BCUT2D eigenvalue weighted by atomic mass is 10.2. The number of aromatic nitrogens is 1. The van der Waals surface area contributed by atoms with Crippen LogP contribution in [0.2, 0.25) is 0 Å². The molecule has 0 aromatic carbocycles. The molecule has 1 aromatic heterocycles. The Morgan fingerprint density at radius 2 is 2.00 bits per heavy atom. The van der Waals surface area contributed by atoms with Gasteiger partial charge >= 0.3 is 0 Å². The van der Waals surface area contributed by atoms with Crippen LogP contribution in [0.5, 0.6) is 0 Å². The Kier molecular flexibility index (Phi) is 5.04. The van der Waals surface area contributed by atoms with Crippen LogP contribution in [0.1, 0.15) is 50.6 Å². The van der Waals surface area contributed by atoms with E-state index in [-0.39, 0.29) is 22.9 Å². The van der Waals surface area contributed by atoms with E-state index in [1.807, 2.05) is 27.7 Å². The lowest BCUT2D eigenvalue weighted by Crippen LogP contribution is -2.33. The Bertz CT molecular complexity index is 564. The van der Waals surface area contributed by atoms with Gasteiger partial charge in [-0.1, -0.05) is 6.92 Å². The van der Waals surface area contributed by atoms with E-state index in [9.17, 15) is 13.2 Å². The van der Waals surface area contributed by atoms with Gasteiger partial charge in [0.05, 0.1) is 0 Å². The number of nitrogens with one attached hydrogen (secondary N) is 1. The molecule has 0 aliphatic rings. The van der Waals surface area contributed by atoms with E-state index in [1.165, 1.54) is 12.3 Å². The van der Waals surface area contributed by atoms with E-state index in [0.29, 0.717) is 5.69 Å². The Balaban J connectivity index is 3.19. The zero-order valence-corrected chi connectivity index (χ0v) is 13.0. The topological polar surface area (TPSA) is 68.2 Å². The molecule has 7 heteroatoms. The van der Waals surface area contributed by atoms with E-state index >= 15 is 0 Å². The lowest BCUT2D eigenvalue weighted by Gasteiger charge is -2.15. The number of carbonyl (C=O) groups is 1. The van der Waals surface area contributed by atoms with Crippen molar-refractivity contribution in [3.63, 3.8) is 0 Å². The molecule has 0 spiro atoms. The minimum absolute atomic E-state index is 0.0269. The average Bonchev–Trinajstić information content (AvgIpc) is 2.73. The van der Waals surface area contributed by atoms with Gasteiger partial charge in [-0.2, -0.15) is 0 Å². The van der Waals surface area contributed by atoms with E-state index < -0.39 is 9.05 Å². The molecule has 108 valence electrons. The molecule has 1 amide bonds. The van der Waals surface area contributed by atoms with Crippen LogP contribution < -0.4 is 5.32 Å². The van der Waals surface area contributed by atoms with E-state index in [0.717, 1.165) is 6.42 Å². The van der Waals surface area contributed by atoms with Crippen molar-refractivity contribution in [2.75, 3.05) is 0 Å². The molecule has 1 N–H and O–H groups in total. The van der Waals surface area contributed by atoms with Gasteiger partial charge in [-0.05, 0) is 33.3 Å². The SMILES string of the molecule is CCC(C)NC(=O)c1cc(S(=O)(=O)Cl)cn1C(C)C. The van der Waals surface area contributed by atoms with E-state index in [1.54, 1.807) is 4.57 Å². The van der Waals surface area contributed by atoms with Gasteiger partial charge in [0.1, 0.15) is 10.6 Å². The first-order chi connectivity index (χ1) is 8.66. The number of amides is 1. The van der Waals surface area contributed by atoms with Gasteiger partial charge in [-0.3, -0.25) is 4.79 Å². The number of nitrogens with zero attached hydrogens (tertiary/aromatic N) is 1. The number of carbonyl (C=O) groups excluding carboxylic acids is 1. The fraction of sp³-hybridized carbons (Fsp3) is 0.583. The molecule has 0 fully saturated rings. The molecule has 1 aromatic rings. The van der Waals surface area contributed by atoms with Gasteiger partial charge in [0, 0.05) is 29.0 Å². The van der Waals surface area contributed by atoms with Crippen molar-refractivity contribution in [1.82, 2.24) is 9.88 Å². The van der Waals surface area contributed by atoms with Crippen molar-refractivity contribution in [2.45, 2.75) is 51.1 Å². The molecule has 0 radical (unpaired) electrons. The summed E-state index contributed by atoms with van der Waals surface area (Å²) in [7, 11) is 1.48. The molecule has 5 nitrogen and oxygen atoms in total. The second-order valence-electron chi connectivity index (χ2n) is 4.78. The highest BCUT2D eigenvalue weighted by molar-refractivity contribution is 8.13. The predicted molar refractivity (Wildman–Crippen MR) is 75.1 cm³/mol. The van der Waals surface area contributed by atoms with Gasteiger partial charge in [0.25, 0.3) is 15.0 Å². The Morgan fingerprint density at radius 3 is 2.42 bits per heavy atom. The van der Waals surface area contributed by atoms with Gasteiger partial charge < -0.3 is 9.88 Å². The average molecular weight is 307 g/mol. The first-order valence-electron chi connectivity index (χ1n) is 6.14. The molecule has 0 saturated heterocycles. The maximum Gasteiger partial charge on any atom is 0.268 e. The molecule has 1 unspecified atom stereocenters. The minimum atomic E-state index is -3.83. The monoisotopic (exact) mass is 306 g/mol. The van der Waals surface area contributed by atoms with Crippen LogP contribution in [-0.2, 0) is 9.05 Å². The number of halogens is 1. The van der Waals surface area contributed by atoms with Crippen molar-refractivity contribution in [1.29, 1.82) is 0 Å². The van der Waals surface area contributed by atoms with Crippen molar-refractivity contribution in [3.8, 4) is 0 Å². The van der Waals surface area contributed by atoms with Crippen LogP contribution in [0.15, 0.2) is 17.2 Å². The van der Waals surface area contributed by atoms with Crippen LogP contribution in [0, 0.1) is 0 Å². The third-order valence-electron chi connectivity index (χ3n) is 2.88. The van der Waals surface area contributed by atoms with Gasteiger partial charge in [-0.15, -0.1) is 0 Å². The molecular formula is C12H19ClN2O3S. The number of hydrogen-bond donors (Lipinski definition) is 1. The maximum atomic E-state index is 12.1. The van der Waals surface area contributed by atoms with Gasteiger partial charge in [0.2, 0.25) is 0 Å². The summed E-state index contributed by atoms with van der Waals surface area (Å²) in [6, 6.07) is 1.30. The summed E-state index contributed by atoms with van der Waals surface area (Å²) in [5.74, 6) is -0.297.